The number of benzene rings is 1. The topological polar surface area (TPSA) is 71.3 Å². The Morgan fingerprint density at radius 2 is 1.50 bits per heavy atom. The van der Waals surface area contributed by atoms with Gasteiger partial charge in [-0.2, -0.15) is 0 Å². The van der Waals surface area contributed by atoms with E-state index in [0.29, 0.717) is 18.9 Å². The SMILES string of the molecule is Cc1c(C(=O)NCCCCCC(=O)O)cc(-c2cc(C(C)(C)C)cc(C(C)(C)C)c2)n1CC1CCCCC1. The molecule has 1 aliphatic rings. The number of carbonyl (C=O) groups excluding carboxylic acids is 1. The first-order valence-electron chi connectivity index (χ1n) is 14.6. The first-order valence-corrected chi connectivity index (χ1v) is 14.6. The first kappa shape index (κ1) is 30.0. The molecule has 5 nitrogen and oxygen atoms in total. The van der Waals surface area contributed by atoms with Crippen molar-refractivity contribution in [1.82, 2.24) is 9.88 Å². The summed E-state index contributed by atoms with van der Waals surface area (Å²) in [6.45, 7) is 17.2. The number of nitrogens with one attached hydrogen (secondary N) is 1. The van der Waals surface area contributed by atoms with Crippen LogP contribution in [0.3, 0.4) is 0 Å². The van der Waals surface area contributed by atoms with E-state index in [2.05, 4.69) is 82.6 Å². The van der Waals surface area contributed by atoms with Crippen LogP contribution in [0, 0.1) is 12.8 Å². The quantitative estimate of drug-likeness (QED) is 0.310. The van der Waals surface area contributed by atoms with Gasteiger partial charge in [0.2, 0.25) is 0 Å². The van der Waals surface area contributed by atoms with Gasteiger partial charge in [0, 0.05) is 30.9 Å². The second-order valence-corrected chi connectivity index (χ2v) is 13.4. The highest BCUT2D eigenvalue weighted by Gasteiger charge is 2.25. The zero-order chi connectivity index (χ0) is 28.1. The average molecular weight is 523 g/mol. The van der Waals surface area contributed by atoms with E-state index in [9.17, 15) is 9.59 Å². The highest BCUT2D eigenvalue weighted by Crippen LogP contribution is 2.36. The molecule has 2 N–H and O–H groups in total. The third kappa shape index (κ3) is 7.97. The van der Waals surface area contributed by atoms with Crippen LogP contribution in [0.25, 0.3) is 11.3 Å². The lowest BCUT2D eigenvalue weighted by molar-refractivity contribution is -0.137. The van der Waals surface area contributed by atoms with Gasteiger partial charge in [0.15, 0.2) is 0 Å². The van der Waals surface area contributed by atoms with Crippen LogP contribution in [-0.4, -0.2) is 28.1 Å². The maximum Gasteiger partial charge on any atom is 0.303 e. The molecule has 5 heteroatoms. The van der Waals surface area contributed by atoms with Gasteiger partial charge in [-0.15, -0.1) is 0 Å². The van der Waals surface area contributed by atoms with Crippen LogP contribution in [-0.2, 0) is 22.2 Å². The zero-order valence-electron chi connectivity index (χ0n) is 24.9. The lowest BCUT2D eigenvalue weighted by atomic mass is 9.79. The summed E-state index contributed by atoms with van der Waals surface area (Å²) in [5.41, 5.74) is 6.78. The number of carboxylic acids is 1. The van der Waals surface area contributed by atoms with Crippen LogP contribution >= 0.6 is 0 Å². The maximum atomic E-state index is 13.3. The van der Waals surface area contributed by atoms with Gasteiger partial charge in [0.1, 0.15) is 0 Å². The van der Waals surface area contributed by atoms with Crippen molar-refractivity contribution >= 4 is 11.9 Å². The van der Waals surface area contributed by atoms with Gasteiger partial charge < -0.3 is 15.0 Å². The summed E-state index contributed by atoms with van der Waals surface area (Å²) in [5, 5.41) is 11.9. The van der Waals surface area contributed by atoms with Crippen molar-refractivity contribution in [3.8, 4) is 11.3 Å². The maximum absolute atomic E-state index is 13.3. The highest BCUT2D eigenvalue weighted by atomic mass is 16.4. The van der Waals surface area contributed by atoms with E-state index >= 15 is 0 Å². The second kappa shape index (κ2) is 12.5. The molecule has 0 aliphatic heterocycles. The van der Waals surface area contributed by atoms with Crippen LogP contribution in [0.1, 0.15) is 127 Å². The number of amides is 1. The van der Waals surface area contributed by atoms with Crippen LogP contribution in [0.5, 0.6) is 0 Å². The van der Waals surface area contributed by atoms with E-state index in [1.807, 2.05) is 0 Å². The Balaban J connectivity index is 1.96. The number of unbranched alkanes of at least 4 members (excludes halogenated alkanes) is 2. The lowest BCUT2D eigenvalue weighted by Crippen LogP contribution is -2.25. The Kier molecular flexibility index (Phi) is 9.89. The summed E-state index contributed by atoms with van der Waals surface area (Å²) in [6.07, 6.45) is 8.85. The molecule has 1 fully saturated rings. The predicted octanol–water partition coefficient (Wildman–Crippen LogP) is 8.01. The van der Waals surface area contributed by atoms with Gasteiger partial charge in [-0.1, -0.05) is 73.3 Å². The third-order valence-electron chi connectivity index (χ3n) is 8.09. The van der Waals surface area contributed by atoms with E-state index in [0.717, 1.165) is 36.3 Å². The van der Waals surface area contributed by atoms with Gasteiger partial charge in [0.05, 0.1) is 5.56 Å². The molecule has 0 bridgehead atoms. The highest BCUT2D eigenvalue weighted by molar-refractivity contribution is 5.97. The van der Waals surface area contributed by atoms with Gasteiger partial charge in [0.25, 0.3) is 5.91 Å². The lowest BCUT2D eigenvalue weighted by Gasteiger charge is -2.27. The molecule has 1 amide bonds. The minimum atomic E-state index is -0.762. The number of carboxylic acid groups (broad SMARTS) is 1. The molecule has 38 heavy (non-hydrogen) atoms. The smallest absolute Gasteiger partial charge is 0.303 e. The number of aliphatic carboxylic acids is 1. The molecular formula is C33H50N2O3. The Morgan fingerprint density at radius 3 is 2.05 bits per heavy atom. The van der Waals surface area contributed by atoms with Crippen LogP contribution in [0.4, 0.5) is 0 Å². The van der Waals surface area contributed by atoms with Crippen molar-refractivity contribution in [1.29, 1.82) is 0 Å². The molecule has 210 valence electrons. The van der Waals surface area contributed by atoms with E-state index in [1.165, 1.54) is 48.8 Å². The van der Waals surface area contributed by atoms with Gasteiger partial charge in [-0.25, -0.2) is 0 Å². The number of hydrogen-bond acceptors (Lipinski definition) is 2. The third-order valence-corrected chi connectivity index (χ3v) is 8.09. The number of aromatic nitrogens is 1. The van der Waals surface area contributed by atoms with Crippen LogP contribution in [0.2, 0.25) is 0 Å². The predicted molar refractivity (Wildman–Crippen MR) is 157 cm³/mol. The molecule has 0 spiro atoms. The number of carbonyl (C=O) groups is 2. The molecule has 0 saturated heterocycles. The summed E-state index contributed by atoms with van der Waals surface area (Å²) < 4.78 is 2.41. The zero-order valence-corrected chi connectivity index (χ0v) is 24.9. The minimum absolute atomic E-state index is 0.0205. The molecule has 3 rings (SSSR count). The van der Waals surface area contributed by atoms with Crippen molar-refractivity contribution in [2.24, 2.45) is 5.92 Å². The monoisotopic (exact) mass is 522 g/mol. The fourth-order valence-corrected chi connectivity index (χ4v) is 5.49. The van der Waals surface area contributed by atoms with Gasteiger partial charge >= 0.3 is 5.97 Å². The van der Waals surface area contributed by atoms with E-state index in [1.54, 1.807) is 0 Å². The van der Waals surface area contributed by atoms with Crippen LogP contribution in [0.15, 0.2) is 24.3 Å². The van der Waals surface area contributed by atoms with Crippen molar-refractivity contribution in [2.75, 3.05) is 6.54 Å². The summed E-state index contributed by atoms with van der Waals surface area (Å²) >= 11 is 0. The molecule has 2 aromatic rings. The number of nitrogens with zero attached hydrogens (tertiary/aromatic N) is 1. The van der Waals surface area contributed by atoms with Crippen molar-refractivity contribution < 1.29 is 14.7 Å². The van der Waals surface area contributed by atoms with E-state index in [-0.39, 0.29) is 23.2 Å². The summed E-state index contributed by atoms with van der Waals surface area (Å²) in [7, 11) is 0. The molecule has 1 saturated carbocycles. The van der Waals surface area contributed by atoms with E-state index in [4.69, 9.17) is 5.11 Å². The molecule has 1 aromatic carbocycles. The van der Waals surface area contributed by atoms with E-state index < -0.39 is 5.97 Å². The summed E-state index contributed by atoms with van der Waals surface area (Å²) in [6, 6.07) is 9.10. The fourth-order valence-electron chi connectivity index (χ4n) is 5.49. The molecule has 1 aliphatic carbocycles. The van der Waals surface area contributed by atoms with Gasteiger partial charge in [-0.05, 0) is 84.2 Å². The Bertz CT molecular complexity index is 1080. The molecule has 0 atom stereocenters. The van der Waals surface area contributed by atoms with Crippen molar-refractivity contribution in [3.63, 3.8) is 0 Å². The Labute approximate surface area is 230 Å². The minimum Gasteiger partial charge on any atom is -0.481 e. The Hall–Kier alpha value is -2.56. The first-order chi connectivity index (χ1) is 17.8. The van der Waals surface area contributed by atoms with Crippen LogP contribution < -0.4 is 5.32 Å². The molecule has 1 aromatic heterocycles. The average Bonchev–Trinajstić information content (AvgIpc) is 3.16. The molecule has 0 radical (unpaired) electrons. The standard InChI is InChI=1S/C33H50N2O3/c1-23-28(31(38)34-17-13-9-12-16-30(36)37)21-29(35(23)22-24-14-10-8-11-15-24)25-18-26(32(2,3)4)20-27(19-25)33(5,6)7/h18-21,24H,8-17,22H2,1-7H3,(H,34,38)(H,36,37). The summed E-state index contributed by atoms with van der Waals surface area (Å²) in [4.78, 5) is 24.1. The Morgan fingerprint density at radius 1 is 0.895 bits per heavy atom. The largest absolute Gasteiger partial charge is 0.481 e. The molecular weight excluding hydrogens is 472 g/mol. The van der Waals surface area contributed by atoms with Crippen molar-refractivity contribution in [3.05, 3.63) is 46.6 Å². The van der Waals surface area contributed by atoms with Gasteiger partial charge in [-0.3, -0.25) is 9.59 Å². The second-order valence-electron chi connectivity index (χ2n) is 13.4. The fraction of sp³-hybridized carbons (Fsp3) is 0.636. The van der Waals surface area contributed by atoms with Crippen molar-refractivity contribution in [2.45, 2.75) is 124 Å². The number of rotatable bonds is 10. The summed E-state index contributed by atoms with van der Waals surface area (Å²) in [5.74, 6) is -0.152. The normalized spacial score (nSPS) is 15.0. The number of hydrogen-bond donors (Lipinski definition) is 2. The molecule has 1 heterocycles. The molecule has 0 unspecified atom stereocenters.